The number of hydrogen-bond acceptors (Lipinski definition) is 5. The molecule has 0 N–H and O–H groups in total. The smallest absolute Gasteiger partial charge is 0.185 e. The van der Waals surface area contributed by atoms with Gasteiger partial charge in [-0.1, -0.05) is 0 Å². The van der Waals surface area contributed by atoms with Crippen LogP contribution in [-0.4, -0.2) is 63.3 Å². The van der Waals surface area contributed by atoms with Crippen LogP contribution in [0.1, 0.15) is 0 Å². The Morgan fingerprint density at radius 2 is 1.22 bits per heavy atom. The number of methoxy groups -OCH3 is 1. The Morgan fingerprint density at radius 1 is 0.739 bits per heavy atom. The molecule has 1 aliphatic heterocycles. The molecule has 8 heteroatoms. The van der Waals surface area contributed by atoms with E-state index >= 15 is 0 Å². The minimum absolute atomic E-state index is 0.130. The summed E-state index contributed by atoms with van der Waals surface area (Å²) in [6.07, 6.45) is -0.846. The fraction of sp³-hybridized carbons (Fsp3) is 1.00. The van der Waals surface area contributed by atoms with E-state index in [1.165, 1.54) is 0 Å². The normalized spacial score (nSPS) is 30.0. The van der Waals surface area contributed by atoms with Crippen molar-refractivity contribution in [3.05, 3.63) is 0 Å². The van der Waals surface area contributed by atoms with Gasteiger partial charge >= 0.3 is 0 Å². The molecule has 1 fully saturated rings. The summed E-state index contributed by atoms with van der Waals surface area (Å²) < 4.78 is 30.5. The maximum atomic E-state index is 6.43. The lowest BCUT2D eigenvalue weighted by Crippen LogP contribution is -2.49. The Balaban J connectivity index is 2.95. The predicted molar refractivity (Wildman–Crippen MR) is 101 cm³/mol. The highest BCUT2D eigenvalue weighted by Crippen LogP contribution is 2.32. The summed E-state index contributed by atoms with van der Waals surface area (Å²) in [7, 11) is -3.43. The van der Waals surface area contributed by atoms with E-state index in [4.69, 9.17) is 22.8 Å². The van der Waals surface area contributed by atoms with Gasteiger partial charge in [0.15, 0.2) is 31.2 Å². The Hall–Kier alpha value is 0.451. The highest BCUT2D eigenvalue weighted by Gasteiger charge is 2.49. The van der Waals surface area contributed by atoms with E-state index in [0.29, 0.717) is 6.61 Å². The molecule has 0 bridgehead atoms. The van der Waals surface area contributed by atoms with Crippen molar-refractivity contribution in [1.82, 2.24) is 0 Å². The van der Waals surface area contributed by atoms with E-state index in [-0.39, 0.29) is 18.3 Å². The Kier molecular flexibility index (Phi) is 7.27. The summed E-state index contributed by atoms with van der Waals surface area (Å²) in [4.78, 5) is 0. The molecule has 4 atom stereocenters. The summed E-state index contributed by atoms with van der Waals surface area (Å²) >= 11 is 0. The van der Waals surface area contributed by atoms with Crippen LogP contribution in [0.4, 0.5) is 0 Å². The maximum Gasteiger partial charge on any atom is 0.185 e. The molecule has 0 aliphatic carbocycles. The second-order valence-electron chi connectivity index (χ2n) is 9.09. The van der Waals surface area contributed by atoms with Crippen molar-refractivity contribution in [3.8, 4) is 0 Å². The quantitative estimate of drug-likeness (QED) is 0.602. The molecule has 0 spiro atoms. The molecule has 1 saturated heterocycles. The standard InChI is InChI=1S/C15H36O5Si3/c1-16-15-14(20-23(8,9)10)13(19-22(5,6)7)12(18-15)11-17-21(2,3)4/h12-15H,11H2,1-10H3/t12-,13-,14+,15-/m1/s1. The number of rotatable bonds is 8. The van der Waals surface area contributed by atoms with E-state index in [9.17, 15) is 0 Å². The van der Waals surface area contributed by atoms with E-state index in [2.05, 4.69) is 58.9 Å². The monoisotopic (exact) mass is 380 g/mol. The summed E-state index contributed by atoms with van der Waals surface area (Å²) in [5.74, 6) is 0. The van der Waals surface area contributed by atoms with Gasteiger partial charge in [0.05, 0.1) is 6.61 Å². The Bertz CT molecular complexity index is 373. The van der Waals surface area contributed by atoms with Crippen molar-refractivity contribution in [3.63, 3.8) is 0 Å². The van der Waals surface area contributed by atoms with E-state index in [1.54, 1.807) is 7.11 Å². The molecule has 0 amide bonds. The van der Waals surface area contributed by atoms with Crippen LogP contribution in [-0.2, 0) is 22.8 Å². The van der Waals surface area contributed by atoms with Crippen LogP contribution in [0.25, 0.3) is 0 Å². The van der Waals surface area contributed by atoms with Gasteiger partial charge in [-0.05, 0) is 58.9 Å². The van der Waals surface area contributed by atoms with Gasteiger partial charge in [0, 0.05) is 7.11 Å². The molecule has 1 rings (SSSR count). The highest BCUT2D eigenvalue weighted by atomic mass is 28.4. The summed E-state index contributed by atoms with van der Waals surface area (Å²) in [5.41, 5.74) is 0. The van der Waals surface area contributed by atoms with Crippen LogP contribution < -0.4 is 0 Å². The first-order chi connectivity index (χ1) is 10.2. The first kappa shape index (κ1) is 21.5. The van der Waals surface area contributed by atoms with Gasteiger partial charge in [-0.15, -0.1) is 0 Å². The van der Waals surface area contributed by atoms with Crippen LogP contribution in [0.3, 0.4) is 0 Å². The molecule has 23 heavy (non-hydrogen) atoms. The largest absolute Gasteiger partial charge is 0.415 e. The van der Waals surface area contributed by atoms with Crippen molar-refractivity contribution in [1.29, 1.82) is 0 Å². The van der Waals surface area contributed by atoms with Gasteiger partial charge in [0.2, 0.25) is 0 Å². The van der Waals surface area contributed by atoms with Crippen molar-refractivity contribution in [2.45, 2.75) is 83.5 Å². The molecule has 138 valence electrons. The van der Waals surface area contributed by atoms with E-state index < -0.39 is 31.2 Å². The molecule has 0 unspecified atom stereocenters. The zero-order chi connectivity index (χ0) is 18.1. The minimum Gasteiger partial charge on any atom is -0.415 e. The average Bonchev–Trinajstić information content (AvgIpc) is 2.60. The molecule has 1 heterocycles. The maximum absolute atomic E-state index is 6.43. The van der Waals surface area contributed by atoms with Gasteiger partial charge in [0.1, 0.15) is 18.3 Å². The predicted octanol–water partition coefficient (Wildman–Crippen LogP) is 3.65. The molecule has 0 saturated carbocycles. The zero-order valence-electron chi connectivity index (χ0n) is 16.6. The van der Waals surface area contributed by atoms with E-state index in [1.807, 2.05) is 0 Å². The first-order valence-corrected chi connectivity index (χ1v) is 18.6. The number of ether oxygens (including phenoxy) is 2. The fourth-order valence-corrected chi connectivity index (χ4v) is 5.26. The zero-order valence-corrected chi connectivity index (χ0v) is 19.6. The van der Waals surface area contributed by atoms with Gasteiger partial charge in [-0.25, -0.2) is 0 Å². The third kappa shape index (κ3) is 7.91. The second-order valence-corrected chi connectivity index (χ2v) is 22.5. The van der Waals surface area contributed by atoms with E-state index in [0.717, 1.165) is 0 Å². The van der Waals surface area contributed by atoms with Crippen molar-refractivity contribution >= 4 is 25.0 Å². The third-order valence-electron chi connectivity index (χ3n) is 3.16. The third-order valence-corrected chi connectivity index (χ3v) is 6.15. The van der Waals surface area contributed by atoms with Gasteiger partial charge in [-0.3, -0.25) is 0 Å². The lowest BCUT2D eigenvalue weighted by molar-refractivity contribution is -0.149. The molecular weight excluding hydrogens is 344 g/mol. The lowest BCUT2D eigenvalue weighted by atomic mass is 10.1. The van der Waals surface area contributed by atoms with Gasteiger partial charge < -0.3 is 22.8 Å². The molecule has 1 aliphatic rings. The van der Waals surface area contributed by atoms with Crippen molar-refractivity contribution in [2.24, 2.45) is 0 Å². The van der Waals surface area contributed by atoms with Crippen LogP contribution in [0.2, 0.25) is 58.9 Å². The molecule has 0 aromatic rings. The summed E-state index contributed by atoms with van der Waals surface area (Å²) in [6.45, 7) is 20.2. The molecule has 0 aromatic carbocycles. The summed E-state index contributed by atoms with van der Waals surface area (Å²) in [5, 5.41) is 0. The van der Waals surface area contributed by atoms with Crippen LogP contribution in [0.5, 0.6) is 0 Å². The van der Waals surface area contributed by atoms with Gasteiger partial charge in [-0.2, -0.15) is 0 Å². The fourth-order valence-electron chi connectivity index (χ4n) is 2.43. The number of hydrogen-bond donors (Lipinski definition) is 0. The van der Waals surface area contributed by atoms with Crippen LogP contribution >= 0.6 is 0 Å². The summed E-state index contributed by atoms with van der Waals surface area (Å²) in [6, 6.07) is 0. The molecule has 0 aromatic heterocycles. The van der Waals surface area contributed by atoms with Crippen molar-refractivity contribution < 1.29 is 22.8 Å². The van der Waals surface area contributed by atoms with Gasteiger partial charge in [0.25, 0.3) is 0 Å². The Morgan fingerprint density at radius 3 is 1.61 bits per heavy atom. The first-order valence-electron chi connectivity index (χ1n) is 8.40. The van der Waals surface area contributed by atoms with Crippen molar-refractivity contribution in [2.75, 3.05) is 13.7 Å². The topological polar surface area (TPSA) is 46.2 Å². The highest BCUT2D eigenvalue weighted by molar-refractivity contribution is 6.70. The average molecular weight is 381 g/mol. The Labute approximate surface area is 145 Å². The lowest BCUT2D eigenvalue weighted by Gasteiger charge is -2.34. The molecule has 0 radical (unpaired) electrons. The van der Waals surface area contributed by atoms with Crippen LogP contribution in [0.15, 0.2) is 0 Å². The second kappa shape index (κ2) is 7.77. The minimum atomic E-state index is -1.74. The molecule has 5 nitrogen and oxygen atoms in total. The van der Waals surface area contributed by atoms with Crippen LogP contribution in [0, 0.1) is 0 Å². The SMILES string of the molecule is CO[C@@H]1O[C@H](CO[Si](C)(C)C)[C@@H](O[Si](C)(C)C)[C@@H]1O[Si](C)(C)C. The molecular formula is C15H36O5Si3.